The summed E-state index contributed by atoms with van der Waals surface area (Å²) in [5.41, 5.74) is 2.79. The maximum Gasteiger partial charge on any atom is 0.0829 e. The Morgan fingerprint density at radius 1 is 1.03 bits per heavy atom. The lowest BCUT2D eigenvalue weighted by Gasteiger charge is -2.58. The molecule has 168 valence electrons. The summed E-state index contributed by atoms with van der Waals surface area (Å²) in [6.45, 7) is 13.8. The Balaban J connectivity index is 1.38. The molecule has 2 nitrogen and oxygen atoms in total. The molecule has 0 heterocycles. The Morgan fingerprint density at radius 3 is 2.50 bits per heavy atom. The standard InChI is InChI=1S/C28H44O2/c1-17-14-19(16-28(17,5)30)18(2)23-8-9-24-22-7-6-20-15-21(29)10-12-26(20,3)25(22)11-13-27(23,24)4/h6,18-19,21-25,29-30H,1,7-16H2,2-5H3. The molecule has 30 heavy (non-hydrogen) atoms. The van der Waals surface area contributed by atoms with Crippen molar-refractivity contribution in [2.24, 2.45) is 46.3 Å². The van der Waals surface area contributed by atoms with Crippen LogP contribution in [0.2, 0.25) is 0 Å². The summed E-state index contributed by atoms with van der Waals surface area (Å²) < 4.78 is 0. The van der Waals surface area contributed by atoms with Gasteiger partial charge in [0.05, 0.1) is 11.7 Å². The van der Waals surface area contributed by atoms with Crippen molar-refractivity contribution in [2.45, 2.75) is 104 Å². The first kappa shape index (κ1) is 21.3. The molecule has 0 radical (unpaired) electrons. The summed E-state index contributed by atoms with van der Waals surface area (Å²) in [7, 11) is 0. The van der Waals surface area contributed by atoms with Crippen molar-refractivity contribution in [1.82, 2.24) is 0 Å². The van der Waals surface area contributed by atoms with Crippen molar-refractivity contribution >= 4 is 0 Å². The zero-order valence-electron chi connectivity index (χ0n) is 19.8. The van der Waals surface area contributed by atoms with Crippen LogP contribution in [0.25, 0.3) is 0 Å². The van der Waals surface area contributed by atoms with E-state index in [0.717, 1.165) is 54.9 Å². The van der Waals surface area contributed by atoms with Crippen LogP contribution >= 0.6 is 0 Å². The molecule has 2 heteroatoms. The van der Waals surface area contributed by atoms with Gasteiger partial charge in [0, 0.05) is 0 Å². The summed E-state index contributed by atoms with van der Waals surface area (Å²) in [5.74, 6) is 4.59. The number of fused-ring (bicyclic) bond motifs is 5. The SMILES string of the molecule is C=C1CC(C(C)C2CCC3C4CC=C5CC(O)CCC5(C)C4CCC23C)CC1(C)O. The summed E-state index contributed by atoms with van der Waals surface area (Å²) in [6.07, 6.45) is 14.3. The first-order valence-corrected chi connectivity index (χ1v) is 12.8. The van der Waals surface area contributed by atoms with E-state index in [1.165, 1.54) is 38.5 Å². The second-order valence-corrected chi connectivity index (χ2v) is 12.8. The highest BCUT2D eigenvalue weighted by atomic mass is 16.3. The molecule has 5 aliphatic carbocycles. The van der Waals surface area contributed by atoms with Crippen LogP contribution in [0.5, 0.6) is 0 Å². The van der Waals surface area contributed by atoms with Crippen LogP contribution in [-0.4, -0.2) is 21.9 Å². The van der Waals surface area contributed by atoms with Crippen LogP contribution in [0, 0.1) is 46.3 Å². The maximum atomic E-state index is 10.7. The number of aliphatic hydroxyl groups excluding tert-OH is 1. The van der Waals surface area contributed by atoms with Crippen molar-refractivity contribution in [3.05, 3.63) is 23.8 Å². The van der Waals surface area contributed by atoms with Gasteiger partial charge in [-0.3, -0.25) is 0 Å². The van der Waals surface area contributed by atoms with Crippen LogP contribution in [0.1, 0.15) is 91.9 Å². The molecule has 0 aromatic carbocycles. The van der Waals surface area contributed by atoms with E-state index < -0.39 is 5.60 Å². The second kappa shape index (κ2) is 6.95. The second-order valence-electron chi connectivity index (χ2n) is 12.8. The molecule has 0 saturated heterocycles. The zero-order valence-corrected chi connectivity index (χ0v) is 19.8. The van der Waals surface area contributed by atoms with Gasteiger partial charge in [-0.1, -0.05) is 39.0 Å². The van der Waals surface area contributed by atoms with E-state index in [0.29, 0.717) is 22.7 Å². The van der Waals surface area contributed by atoms with Crippen LogP contribution in [0.15, 0.2) is 23.8 Å². The zero-order chi connectivity index (χ0) is 21.5. The Labute approximate surface area is 184 Å². The summed E-state index contributed by atoms with van der Waals surface area (Å²) in [6, 6.07) is 0. The van der Waals surface area contributed by atoms with Crippen molar-refractivity contribution in [1.29, 1.82) is 0 Å². The number of allylic oxidation sites excluding steroid dienone is 1. The molecule has 0 spiro atoms. The molecule has 5 aliphatic rings. The average molecular weight is 413 g/mol. The van der Waals surface area contributed by atoms with E-state index in [4.69, 9.17) is 0 Å². The van der Waals surface area contributed by atoms with Gasteiger partial charge in [-0.15, -0.1) is 0 Å². The molecular formula is C28H44O2. The minimum atomic E-state index is -0.653. The summed E-state index contributed by atoms with van der Waals surface area (Å²) >= 11 is 0. The molecule has 0 aliphatic heterocycles. The Morgan fingerprint density at radius 2 is 1.80 bits per heavy atom. The first-order valence-electron chi connectivity index (χ1n) is 12.8. The highest BCUT2D eigenvalue weighted by Gasteiger charge is 2.60. The molecule has 0 aromatic heterocycles. The highest BCUT2D eigenvalue weighted by molar-refractivity contribution is 5.26. The van der Waals surface area contributed by atoms with Crippen LogP contribution in [0.3, 0.4) is 0 Å². The van der Waals surface area contributed by atoms with Gasteiger partial charge in [-0.25, -0.2) is 0 Å². The molecule has 5 rings (SSSR count). The van der Waals surface area contributed by atoms with Gasteiger partial charge in [-0.2, -0.15) is 0 Å². The molecule has 0 aromatic rings. The molecular weight excluding hydrogens is 368 g/mol. The predicted molar refractivity (Wildman–Crippen MR) is 123 cm³/mol. The fraction of sp³-hybridized carbons (Fsp3) is 0.857. The van der Waals surface area contributed by atoms with Gasteiger partial charge in [0.1, 0.15) is 0 Å². The molecule has 0 bridgehead atoms. The number of hydrogen-bond donors (Lipinski definition) is 2. The van der Waals surface area contributed by atoms with E-state index in [-0.39, 0.29) is 6.10 Å². The molecule has 4 fully saturated rings. The van der Waals surface area contributed by atoms with E-state index >= 15 is 0 Å². The maximum absolute atomic E-state index is 10.7. The number of hydrogen-bond acceptors (Lipinski definition) is 2. The molecule has 0 amide bonds. The third kappa shape index (κ3) is 2.95. The van der Waals surface area contributed by atoms with E-state index in [1.807, 2.05) is 6.92 Å². The topological polar surface area (TPSA) is 40.5 Å². The Bertz CT molecular complexity index is 750. The first-order chi connectivity index (χ1) is 14.1. The third-order valence-corrected chi connectivity index (χ3v) is 11.5. The lowest BCUT2D eigenvalue weighted by atomic mass is 9.46. The van der Waals surface area contributed by atoms with E-state index in [9.17, 15) is 10.2 Å². The van der Waals surface area contributed by atoms with Crippen molar-refractivity contribution in [3.8, 4) is 0 Å². The number of aliphatic hydroxyl groups is 2. The fourth-order valence-corrected chi connectivity index (χ4v) is 9.51. The average Bonchev–Trinajstić information content (AvgIpc) is 3.17. The Kier molecular flexibility index (Phi) is 4.92. The van der Waals surface area contributed by atoms with Crippen molar-refractivity contribution < 1.29 is 10.2 Å². The molecule has 10 atom stereocenters. The normalized spacial score (nSPS) is 54.2. The third-order valence-electron chi connectivity index (χ3n) is 11.5. The highest BCUT2D eigenvalue weighted by Crippen LogP contribution is 2.68. The van der Waals surface area contributed by atoms with Crippen LogP contribution in [-0.2, 0) is 0 Å². The van der Waals surface area contributed by atoms with Crippen LogP contribution in [0.4, 0.5) is 0 Å². The monoisotopic (exact) mass is 412 g/mol. The largest absolute Gasteiger partial charge is 0.393 e. The predicted octanol–water partition coefficient (Wildman–Crippen LogP) is 6.28. The fourth-order valence-electron chi connectivity index (χ4n) is 9.51. The molecule has 10 unspecified atom stereocenters. The minimum Gasteiger partial charge on any atom is -0.393 e. The smallest absolute Gasteiger partial charge is 0.0829 e. The van der Waals surface area contributed by atoms with Gasteiger partial charge in [-0.05, 0) is 123 Å². The van der Waals surface area contributed by atoms with Gasteiger partial charge < -0.3 is 10.2 Å². The van der Waals surface area contributed by atoms with E-state index in [2.05, 4.69) is 33.4 Å². The Hall–Kier alpha value is -0.600. The lowest BCUT2D eigenvalue weighted by Crippen LogP contribution is -2.51. The van der Waals surface area contributed by atoms with Gasteiger partial charge in [0.25, 0.3) is 0 Å². The lowest BCUT2D eigenvalue weighted by molar-refractivity contribution is -0.0613. The van der Waals surface area contributed by atoms with E-state index in [1.54, 1.807) is 5.57 Å². The summed E-state index contributed by atoms with van der Waals surface area (Å²) in [4.78, 5) is 0. The van der Waals surface area contributed by atoms with Gasteiger partial charge >= 0.3 is 0 Å². The minimum absolute atomic E-state index is 0.107. The molecule has 4 saturated carbocycles. The van der Waals surface area contributed by atoms with Crippen LogP contribution < -0.4 is 0 Å². The quantitative estimate of drug-likeness (QED) is 0.524. The van der Waals surface area contributed by atoms with Crippen molar-refractivity contribution in [2.75, 3.05) is 0 Å². The van der Waals surface area contributed by atoms with Gasteiger partial charge in [0.2, 0.25) is 0 Å². The summed E-state index contributed by atoms with van der Waals surface area (Å²) in [5, 5.41) is 20.9. The van der Waals surface area contributed by atoms with Crippen molar-refractivity contribution in [3.63, 3.8) is 0 Å². The van der Waals surface area contributed by atoms with Gasteiger partial charge in [0.15, 0.2) is 0 Å². The number of rotatable bonds is 2. The molecule has 2 N–H and O–H groups in total.